The first kappa shape index (κ1) is 12.0. The van der Waals surface area contributed by atoms with Crippen molar-refractivity contribution in [2.24, 2.45) is 11.8 Å². The zero-order chi connectivity index (χ0) is 12.5. The molecule has 0 atom stereocenters. The molecule has 2 fully saturated rings. The van der Waals surface area contributed by atoms with Gasteiger partial charge in [0.05, 0.1) is 12.3 Å². The summed E-state index contributed by atoms with van der Waals surface area (Å²) in [5, 5.41) is 9.02. The predicted molar refractivity (Wildman–Crippen MR) is 70.0 cm³/mol. The number of aliphatic hydroxyl groups is 1. The normalized spacial score (nSPS) is 19.0. The van der Waals surface area contributed by atoms with Crippen molar-refractivity contribution in [1.29, 1.82) is 0 Å². The van der Waals surface area contributed by atoms with Gasteiger partial charge >= 0.3 is 0 Å². The van der Waals surface area contributed by atoms with E-state index >= 15 is 0 Å². The third-order valence-electron chi connectivity index (χ3n) is 3.89. The second kappa shape index (κ2) is 4.88. The molecule has 98 valence electrons. The van der Waals surface area contributed by atoms with E-state index in [0.29, 0.717) is 11.3 Å². The number of nitrogens with zero attached hydrogens (tertiary/aromatic N) is 1. The van der Waals surface area contributed by atoms with Crippen LogP contribution in [-0.4, -0.2) is 18.2 Å². The Balaban J connectivity index is 1.77. The Labute approximate surface area is 107 Å². The van der Waals surface area contributed by atoms with Gasteiger partial charge in [0, 0.05) is 13.1 Å². The van der Waals surface area contributed by atoms with E-state index in [1.165, 1.54) is 31.7 Å². The van der Waals surface area contributed by atoms with Crippen LogP contribution in [0.15, 0.2) is 18.2 Å². The number of rotatable bonds is 6. The van der Waals surface area contributed by atoms with Gasteiger partial charge in [-0.15, -0.1) is 0 Å². The molecule has 2 saturated carbocycles. The Kier molecular flexibility index (Phi) is 3.25. The van der Waals surface area contributed by atoms with Gasteiger partial charge in [-0.3, -0.25) is 0 Å². The van der Waals surface area contributed by atoms with E-state index in [4.69, 9.17) is 5.11 Å². The van der Waals surface area contributed by atoms with Crippen LogP contribution in [0.2, 0.25) is 0 Å². The molecule has 3 heteroatoms. The molecule has 1 N–H and O–H groups in total. The van der Waals surface area contributed by atoms with Crippen LogP contribution in [0.4, 0.5) is 10.1 Å². The number of halogens is 1. The molecule has 0 amide bonds. The zero-order valence-electron chi connectivity index (χ0n) is 10.6. The van der Waals surface area contributed by atoms with Crippen molar-refractivity contribution < 1.29 is 9.50 Å². The lowest BCUT2D eigenvalue weighted by atomic mass is 10.1. The molecule has 18 heavy (non-hydrogen) atoms. The Morgan fingerprint density at radius 1 is 1.11 bits per heavy atom. The minimum Gasteiger partial charge on any atom is -0.392 e. The molecular formula is C15H20FNO. The lowest BCUT2D eigenvalue weighted by molar-refractivity contribution is 0.281. The molecule has 2 nitrogen and oxygen atoms in total. The van der Waals surface area contributed by atoms with Gasteiger partial charge in [-0.05, 0) is 55.2 Å². The van der Waals surface area contributed by atoms with E-state index in [0.717, 1.165) is 24.9 Å². The van der Waals surface area contributed by atoms with Crippen LogP contribution >= 0.6 is 0 Å². The van der Waals surface area contributed by atoms with Gasteiger partial charge in [-0.1, -0.05) is 6.07 Å². The predicted octanol–water partition coefficient (Wildman–Crippen LogP) is 2.94. The van der Waals surface area contributed by atoms with E-state index in [1.807, 2.05) is 12.1 Å². The van der Waals surface area contributed by atoms with Crippen molar-refractivity contribution in [1.82, 2.24) is 0 Å². The van der Waals surface area contributed by atoms with Gasteiger partial charge in [0.25, 0.3) is 0 Å². The number of benzene rings is 1. The number of anilines is 1. The van der Waals surface area contributed by atoms with Crippen LogP contribution in [0.3, 0.4) is 0 Å². The summed E-state index contributed by atoms with van der Waals surface area (Å²) in [5.41, 5.74) is 1.36. The molecule has 0 bridgehead atoms. The van der Waals surface area contributed by atoms with Crippen molar-refractivity contribution in [3.8, 4) is 0 Å². The standard InChI is InChI=1S/C15H20FNO/c16-14-7-13(10-18)5-6-15(14)17(8-11-1-2-11)9-12-3-4-12/h5-7,11-12,18H,1-4,8-10H2. The van der Waals surface area contributed by atoms with Gasteiger partial charge in [0.2, 0.25) is 0 Å². The van der Waals surface area contributed by atoms with E-state index in [1.54, 1.807) is 0 Å². The van der Waals surface area contributed by atoms with Gasteiger partial charge < -0.3 is 10.0 Å². The smallest absolute Gasteiger partial charge is 0.146 e. The summed E-state index contributed by atoms with van der Waals surface area (Å²) in [6.45, 7) is 1.89. The summed E-state index contributed by atoms with van der Waals surface area (Å²) in [6.07, 6.45) is 5.16. The van der Waals surface area contributed by atoms with Crippen molar-refractivity contribution in [2.45, 2.75) is 32.3 Å². The summed E-state index contributed by atoms with van der Waals surface area (Å²) in [5.74, 6) is 1.34. The molecule has 0 saturated heterocycles. The van der Waals surface area contributed by atoms with Crippen LogP contribution in [0.1, 0.15) is 31.2 Å². The maximum absolute atomic E-state index is 14.1. The molecule has 2 aliphatic carbocycles. The van der Waals surface area contributed by atoms with Gasteiger partial charge in [-0.25, -0.2) is 4.39 Å². The second-order valence-corrected chi connectivity index (χ2v) is 5.74. The molecule has 0 aromatic heterocycles. The molecule has 0 spiro atoms. The molecule has 3 rings (SSSR count). The molecule has 1 aromatic carbocycles. The fraction of sp³-hybridized carbons (Fsp3) is 0.600. The SMILES string of the molecule is OCc1ccc(N(CC2CC2)CC2CC2)c(F)c1. The van der Waals surface area contributed by atoms with Crippen molar-refractivity contribution in [3.63, 3.8) is 0 Å². The zero-order valence-corrected chi connectivity index (χ0v) is 10.6. The molecule has 0 aliphatic heterocycles. The monoisotopic (exact) mass is 249 g/mol. The van der Waals surface area contributed by atoms with Crippen LogP contribution in [-0.2, 0) is 6.61 Å². The van der Waals surface area contributed by atoms with E-state index in [9.17, 15) is 4.39 Å². The number of aliphatic hydroxyl groups excluding tert-OH is 1. The fourth-order valence-electron chi connectivity index (χ4n) is 2.40. The maximum atomic E-state index is 14.1. The summed E-state index contributed by atoms with van der Waals surface area (Å²) < 4.78 is 14.1. The third-order valence-corrected chi connectivity index (χ3v) is 3.89. The van der Waals surface area contributed by atoms with Crippen LogP contribution in [0.5, 0.6) is 0 Å². The number of hydrogen-bond donors (Lipinski definition) is 1. The summed E-state index contributed by atoms with van der Waals surface area (Å²) in [7, 11) is 0. The van der Waals surface area contributed by atoms with Gasteiger partial charge in [-0.2, -0.15) is 0 Å². The van der Waals surface area contributed by atoms with Crippen molar-refractivity contribution in [3.05, 3.63) is 29.6 Å². The Bertz CT molecular complexity index is 413. The van der Waals surface area contributed by atoms with Crippen molar-refractivity contribution in [2.75, 3.05) is 18.0 Å². The Morgan fingerprint density at radius 2 is 1.72 bits per heavy atom. The average molecular weight is 249 g/mol. The van der Waals surface area contributed by atoms with Gasteiger partial charge in [0.15, 0.2) is 0 Å². The largest absolute Gasteiger partial charge is 0.392 e. The summed E-state index contributed by atoms with van der Waals surface area (Å²) in [6, 6.07) is 5.11. The quantitative estimate of drug-likeness (QED) is 0.838. The topological polar surface area (TPSA) is 23.5 Å². The highest BCUT2D eigenvalue weighted by atomic mass is 19.1. The van der Waals surface area contributed by atoms with E-state index in [2.05, 4.69) is 4.90 Å². The Morgan fingerprint density at radius 3 is 2.17 bits per heavy atom. The average Bonchev–Trinajstić information content (AvgIpc) is 3.23. The lowest BCUT2D eigenvalue weighted by Crippen LogP contribution is -2.28. The van der Waals surface area contributed by atoms with Crippen LogP contribution in [0, 0.1) is 17.7 Å². The molecule has 2 aliphatic rings. The van der Waals surface area contributed by atoms with Crippen LogP contribution < -0.4 is 4.90 Å². The van der Waals surface area contributed by atoms with Crippen LogP contribution in [0.25, 0.3) is 0 Å². The molecule has 0 heterocycles. The molecule has 1 aromatic rings. The highest BCUT2D eigenvalue weighted by Crippen LogP contribution is 2.36. The lowest BCUT2D eigenvalue weighted by Gasteiger charge is -2.25. The second-order valence-electron chi connectivity index (χ2n) is 5.74. The first-order valence-corrected chi connectivity index (χ1v) is 6.90. The minimum absolute atomic E-state index is 0.0948. The maximum Gasteiger partial charge on any atom is 0.146 e. The van der Waals surface area contributed by atoms with E-state index < -0.39 is 0 Å². The molecular weight excluding hydrogens is 229 g/mol. The summed E-state index contributed by atoms with van der Waals surface area (Å²) in [4.78, 5) is 2.21. The molecule has 0 radical (unpaired) electrons. The highest BCUT2D eigenvalue weighted by molar-refractivity contribution is 5.49. The third kappa shape index (κ3) is 2.83. The first-order chi connectivity index (χ1) is 8.76. The number of hydrogen-bond acceptors (Lipinski definition) is 2. The molecule has 0 unspecified atom stereocenters. The summed E-state index contributed by atoms with van der Waals surface area (Å²) >= 11 is 0. The minimum atomic E-state index is -0.192. The van der Waals surface area contributed by atoms with Gasteiger partial charge in [0.1, 0.15) is 5.82 Å². The van der Waals surface area contributed by atoms with Crippen molar-refractivity contribution >= 4 is 5.69 Å². The fourth-order valence-corrected chi connectivity index (χ4v) is 2.40. The Hall–Kier alpha value is -1.09. The highest BCUT2D eigenvalue weighted by Gasteiger charge is 2.30. The van der Waals surface area contributed by atoms with E-state index in [-0.39, 0.29) is 12.4 Å². The first-order valence-electron chi connectivity index (χ1n) is 6.90.